The van der Waals surface area contributed by atoms with Gasteiger partial charge in [-0.25, -0.2) is 4.68 Å². The Morgan fingerprint density at radius 2 is 2.25 bits per heavy atom. The number of tetrazole rings is 1. The lowest BCUT2D eigenvalue weighted by Crippen LogP contribution is -1.99. The van der Waals surface area contributed by atoms with Crippen LogP contribution in [0.15, 0.2) is 53.5 Å². The Labute approximate surface area is 119 Å². The third kappa shape index (κ3) is 2.70. The number of aromatic nitrogens is 4. The predicted octanol–water partition coefficient (Wildman–Crippen LogP) is 2.62. The van der Waals surface area contributed by atoms with Crippen LogP contribution in [0.3, 0.4) is 0 Å². The predicted molar refractivity (Wildman–Crippen MR) is 76.8 cm³/mol. The molecule has 0 radical (unpaired) electrons. The van der Waals surface area contributed by atoms with Crippen LogP contribution in [0.1, 0.15) is 15.9 Å². The molecule has 0 saturated carbocycles. The molecule has 0 spiro atoms. The molecule has 0 amide bonds. The third-order valence-electron chi connectivity index (χ3n) is 2.71. The first-order chi connectivity index (χ1) is 9.83. The van der Waals surface area contributed by atoms with Gasteiger partial charge in [0.15, 0.2) is 5.78 Å². The van der Waals surface area contributed by atoms with Crippen molar-refractivity contribution in [3.05, 3.63) is 64.6 Å². The van der Waals surface area contributed by atoms with Gasteiger partial charge in [-0.05, 0) is 51.0 Å². The van der Waals surface area contributed by atoms with Gasteiger partial charge in [0.05, 0.1) is 5.69 Å². The van der Waals surface area contributed by atoms with Gasteiger partial charge in [0.1, 0.15) is 6.33 Å². The highest BCUT2D eigenvalue weighted by Crippen LogP contribution is 2.12. The highest BCUT2D eigenvalue weighted by molar-refractivity contribution is 7.08. The van der Waals surface area contributed by atoms with Gasteiger partial charge >= 0.3 is 0 Å². The van der Waals surface area contributed by atoms with E-state index in [9.17, 15) is 4.79 Å². The van der Waals surface area contributed by atoms with Gasteiger partial charge in [-0.3, -0.25) is 4.79 Å². The first-order valence-corrected chi connectivity index (χ1v) is 6.85. The Bertz CT molecular complexity index is 732. The van der Waals surface area contributed by atoms with Gasteiger partial charge in [-0.15, -0.1) is 5.10 Å². The third-order valence-corrected chi connectivity index (χ3v) is 3.42. The van der Waals surface area contributed by atoms with E-state index in [1.165, 1.54) is 11.0 Å². The van der Waals surface area contributed by atoms with E-state index in [4.69, 9.17) is 0 Å². The van der Waals surface area contributed by atoms with Crippen molar-refractivity contribution in [1.29, 1.82) is 0 Å². The smallest absolute Gasteiger partial charge is 0.185 e. The van der Waals surface area contributed by atoms with Crippen molar-refractivity contribution >= 4 is 23.2 Å². The minimum absolute atomic E-state index is 0.0499. The summed E-state index contributed by atoms with van der Waals surface area (Å²) in [6, 6.07) is 9.15. The second-order valence-corrected chi connectivity index (χ2v) is 4.84. The summed E-state index contributed by atoms with van der Waals surface area (Å²) in [6.07, 6.45) is 4.87. The maximum Gasteiger partial charge on any atom is 0.185 e. The number of carbonyl (C=O) groups excluding carboxylic acids is 1. The highest BCUT2D eigenvalue weighted by atomic mass is 32.1. The molecule has 2 aromatic heterocycles. The lowest BCUT2D eigenvalue weighted by Gasteiger charge is -2.01. The molecule has 0 aliphatic rings. The van der Waals surface area contributed by atoms with E-state index >= 15 is 0 Å². The second kappa shape index (κ2) is 5.58. The summed E-state index contributed by atoms with van der Waals surface area (Å²) in [7, 11) is 0. The molecule has 5 nitrogen and oxygen atoms in total. The van der Waals surface area contributed by atoms with Crippen LogP contribution in [0.5, 0.6) is 0 Å². The maximum atomic E-state index is 12.1. The van der Waals surface area contributed by atoms with Crippen LogP contribution in [-0.2, 0) is 0 Å². The molecule has 0 N–H and O–H groups in total. The molecule has 0 bridgehead atoms. The van der Waals surface area contributed by atoms with Crippen LogP contribution < -0.4 is 0 Å². The van der Waals surface area contributed by atoms with Crippen LogP contribution in [-0.4, -0.2) is 26.0 Å². The summed E-state index contributed by atoms with van der Waals surface area (Å²) in [4.78, 5) is 12.1. The van der Waals surface area contributed by atoms with Crippen molar-refractivity contribution in [2.24, 2.45) is 0 Å². The average molecular weight is 282 g/mol. The van der Waals surface area contributed by atoms with Crippen LogP contribution in [0, 0.1) is 0 Å². The molecule has 0 atom stereocenters. The van der Waals surface area contributed by atoms with Crippen molar-refractivity contribution in [3.63, 3.8) is 0 Å². The highest BCUT2D eigenvalue weighted by Gasteiger charge is 2.04. The van der Waals surface area contributed by atoms with Gasteiger partial charge in [0.2, 0.25) is 0 Å². The lowest BCUT2D eigenvalue weighted by atomic mass is 10.1. The number of allylic oxidation sites excluding steroid dienone is 1. The molecular weight excluding hydrogens is 272 g/mol. The molecule has 20 heavy (non-hydrogen) atoms. The Balaban J connectivity index is 1.83. The van der Waals surface area contributed by atoms with Gasteiger partial charge in [0, 0.05) is 5.56 Å². The minimum atomic E-state index is -0.0499. The average Bonchev–Trinajstić information content (AvgIpc) is 3.18. The van der Waals surface area contributed by atoms with Gasteiger partial charge in [-0.2, -0.15) is 11.3 Å². The molecule has 2 heterocycles. The van der Waals surface area contributed by atoms with Crippen LogP contribution in [0.4, 0.5) is 0 Å². The second-order valence-electron chi connectivity index (χ2n) is 4.06. The molecule has 0 aliphatic carbocycles. The lowest BCUT2D eigenvalue weighted by molar-refractivity contribution is 0.104. The first-order valence-electron chi connectivity index (χ1n) is 5.91. The van der Waals surface area contributed by atoms with Crippen molar-refractivity contribution in [2.75, 3.05) is 0 Å². The molecular formula is C14H10N4OS. The Kier molecular flexibility index (Phi) is 3.47. The van der Waals surface area contributed by atoms with E-state index in [1.807, 2.05) is 35.0 Å². The molecule has 0 aliphatic heterocycles. The van der Waals surface area contributed by atoms with Gasteiger partial charge in [-0.1, -0.05) is 18.2 Å². The number of carbonyl (C=O) groups is 1. The summed E-state index contributed by atoms with van der Waals surface area (Å²) < 4.78 is 1.51. The zero-order chi connectivity index (χ0) is 13.8. The number of nitrogens with zero attached hydrogens (tertiary/aromatic N) is 4. The van der Waals surface area contributed by atoms with Crippen molar-refractivity contribution in [1.82, 2.24) is 20.2 Å². The summed E-state index contributed by atoms with van der Waals surface area (Å²) in [5, 5.41) is 14.9. The number of hydrogen-bond donors (Lipinski definition) is 0. The SMILES string of the molecule is O=C(C=Cc1ccsc1)c1cccc(-n2cnnn2)c1. The van der Waals surface area contributed by atoms with Crippen molar-refractivity contribution < 1.29 is 4.79 Å². The molecule has 6 heteroatoms. The zero-order valence-corrected chi connectivity index (χ0v) is 11.2. The summed E-state index contributed by atoms with van der Waals surface area (Å²) in [6.45, 7) is 0. The molecule has 98 valence electrons. The van der Waals surface area contributed by atoms with E-state index in [0.29, 0.717) is 5.56 Å². The largest absolute Gasteiger partial charge is 0.289 e. The van der Waals surface area contributed by atoms with Gasteiger partial charge < -0.3 is 0 Å². The Hall–Kier alpha value is -2.60. The molecule has 0 fully saturated rings. The van der Waals surface area contributed by atoms with E-state index in [-0.39, 0.29) is 5.78 Å². The number of ketones is 1. The fourth-order valence-corrected chi connectivity index (χ4v) is 2.35. The Morgan fingerprint density at radius 1 is 1.30 bits per heavy atom. The number of hydrogen-bond acceptors (Lipinski definition) is 5. The van der Waals surface area contributed by atoms with Crippen molar-refractivity contribution in [2.45, 2.75) is 0 Å². The molecule has 1 aromatic carbocycles. The quantitative estimate of drug-likeness (QED) is 0.545. The standard InChI is InChI=1S/C14H10N4OS/c19-14(5-4-11-6-7-20-9-11)12-2-1-3-13(8-12)18-10-15-16-17-18/h1-10H. The molecule has 3 aromatic rings. The first kappa shape index (κ1) is 12.4. The normalized spacial score (nSPS) is 11.0. The van der Waals surface area contributed by atoms with Crippen LogP contribution in [0.2, 0.25) is 0 Å². The van der Waals surface area contributed by atoms with Crippen molar-refractivity contribution in [3.8, 4) is 5.69 Å². The van der Waals surface area contributed by atoms with E-state index in [1.54, 1.807) is 29.5 Å². The maximum absolute atomic E-state index is 12.1. The molecule has 0 unspecified atom stereocenters. The zero-order valence-electron chi connectivity index (χ0n) is 10.4. The molecule has 0 saturated heterocycles. The fourth-order valence-electron chi connectivity index (χ4n) is 1.72. The number of rotatable bonds is 4. The van der Waals surface area contributed by atoms with E-state index in [2.05, 4.69) is 15.5 Å². The molecule has 3 rings (SSSR count). The topological polar surface area (TPSA) is 60.7 Å². The monoisotopic (exact) mass is 282 g/mol. The van der Waals surface area contributed by atoms with Crippen LogP contribution in [0.25, 0.3) is 11.8 Å². The minimum Gasteiger partial charge on any atom is -0.289 e. The number of benzene rings is 1. The van der Waals surface area contributed by atoms with E-state index in [0.717, 1.165) is 11.3 Å². The van der Waals surface area contributed by atoms with Gasteiger partial charge in [0.25, 0.3) is 0 Å². The number of thiophene rings is 1. The summed E-state index contributed by atoms with van der Waals surface area (Å²) in [5.74, 6) is -0.0499. The van der Waals surface area contributed by atoms with Crippen LogP contribution >= 0.6 is 11.3 Å². The van der Waals surface area contributed by atoms with E-state index < -0.39 is 0 Å². The fraction of sp³-hybridized carbons (Fsp3) is 0. The Morgan fingerprint density at radius 3 is 3.00 bits per heavy atom. The summed E-state index contributed by atoms with van der Waals surface area (Å²) >= 11 is 1.60. The summed E-state index contributed by atoms with van der Waals surface area (Å²) in [5.41, 5.74) is 2.38.